The standard InChI is InChI=1S/C29H23N5O/c1-2-28(35)34-25-6-4-3-5-24(25)29-26-13-11-22(32-26)16-20-9-7-18(30-20)15-19-8-10-21(31-19)17-23-12-14-27(29)33-23/h3-17,30,33H,2H2,1H3,(H,34,35). The minimum atomic E-state index is -0.0336. The van der Waals surface area contributed by atoms with Gasteiger partial charge in [-0.1, -0.05) is 25.1 Å². The number of amides is 1. The van der Waals surface area contributed by atoms with E-state index in [2.05, 4.69) is 15.3 Å². The number of aromatic amines is 2. The summed E-state index contributed by atoms with van der Waals surface area (Å²) in [7, 11) is 0. The Labute approximate surface area is 202 Å². The Bertz CT molecular complexity index is 1690. The first-order valence-electron chi connectivity index (χ1n) is 11.6. The zero-order valence-corrected chi connectivity index (χ0v) is 19.2. The maximum Gasteiger partial charge on any atom is 0.224 e. The first-order valence-corrected chi connectivity index (χ1v) is 11.6. The first kappa shape index (κ1) is 20.9. The van der Waals surface area contributed by atoms with Crippen LogP contribution in [0.5, 0.6) is 0 Å². The molecule has 4 aromatic rings. The van der Waals surface area contributed by atoms with E-state index < -0.39 is 0 Å². The van der Waals surface area contributed by atoms with Crippen LogP contribution in [0.15, 0.2) is 66.7 Å². The Hall–Kier alpha value is -4.71. The number of para-hydroxylation sites is 1. The molecule has 0 saturated carbocycles. The van der Waals surface area contributed by atoms with Gasteiger partial charge in [-0.05, 0) is 72.8 Å². The van der Waals surface area contributed by atoms with Crippen molar-refractivity contribution in [2.24, 2.45) is 0 Å². The fourth-order valence-corrected chi connectivity index (χ4v) is 4.34. The molecule has 0 aliphatic carbocycles. The third-order valence-electron chi connectivity index (χ3n) is 6.01. The van der Waals surface area contributed by atoms with Crippen LogP contribution in [0.25, 0.3) is 57.5 Å². The zero-order chi connectivity index (χ0) is 23.8. The van der Waals surface area contributed by atoms with Gasteiger partial charge in [0.25, 0.3) is 0 Å². The van der Waals surface area contributed by atoms with Gasteiger partial charge in [0.05, 0.1) is 22.8 Å². The molecule has 2 aliphatic rings. The molecule has 0 atom stereocenters. The third kappa shape index (κ3) is 4.17. The summed E-state index contributed by atoms with van der Waals surface area (Å²) in [5.74, 6) is -0.0336. The number of hydrogen-bond donors (Lipinski definition) is 3. The van der Waals surface area contributed by atoms with Crippen LogP contribution in [0, 0.1) is 0 Å². The second-order valence-corrected chi connectivity index (χ2v) is 8.50. The molecule has 3 N–H and O–H groups in total. The summed E-state index contributed by atoms with van der Waals surface area (Å²) in [6.07, 6.45) is 8.44. The molecule has 2 aliphatic heterocycles. The number of nitrogens with zero attached hydrogens (tertiary/aromatic N) is 2. The summed E-state index contributed by atoms with van der Waals surface area (Å²) in [6, 6.07) is 22.0. The van der Waals surface area contributed by atoms with E-state index >= 15 is 0 Å². The lowest BCUT2D eigenvalue weighted by atomic mass is 10.0. The average Bonchev–Trinajstić information content (AvgIpc) is 3.66. The molecular formula is C29H23N5O. The predicted molar refractivity (Wildman–Crippen MR) is 143 cm³/mol. The Morgan fingerprint density at radius 1 is 0.771 bits per heavy atom. The van der Waals surface area contributed by atoms with Crippen molar-refractivity contribution in [2.75, 3.05) is 5.32 Å². The summed E-state index contributed by atoms with van der Waals surface area (Å²) < 4.78 is 0. The highest BCUT2D eigenvalue weighted by molar-refractivity contribution is 6.00. The number of rotatable bonds is 3. The Morgan fingerprint density at radius 3 is 2.14 bits per heavy atom. The van der Waals surface area contributed by atoms with E-state index in [9.17, 15) is 4.79 Å². The van der Waals surface area contributed by atoms with Gasteiger partial charge >= 0.3 is 0 Å². The van der Waals surface area contributed by atoms with Gasteiger partial charge in [0, 0.05) is 45.3 Å². The summed E-state index contributed by atoms with van der Waals surface area (Å²) in [5.41, 5.74) is 9.80. The van der Waals surface area contributed by atoms with Gasteiger partial charge in [-0.25, -0.2) is 9.97 Å². The van der Waals surface area contributed by atoms with Crippen LogP contribution in [0.3, 0.4) is 0 Å². The van der Waals surface area contributed by atoms with Gasteiger partial charge < -0.3 is 15.3 Å². The van der Waals surface area contributed by atoms with Crippen LogP contribution in [0.1, 0.15) is 36.1 Å². The SMILES string of the molecule is CCC(=O)Nc1ccccc1-c1c2nc(cc3ccc(cc4nc(cc5ccc1[nH]5)C=C4)[nH]3)C=C2. The van der Waals surface area contributed by atoms with Crippen LogP contribution in [0.2, 0.25) is 0 Å². The summed E-state index contributed by atoms with van der Waals surface area (Å²) in [4.78, 5) is 28.9. The molecule has 1 aromatic carbocycles. The van der Waals surface area contributed by atoms with Crippen molar-refractivity contribution in [3.05, 3.63) is 89.5 Å². The molecule has 0 saturated heterocycles. The van der Waals surface area contributed by atoms with Crippen molar-refractivity contribution < 1.29 is 4.79 Å². The Morgan fingerprint density at radius 2 is 1.40 bits per heavy atom. The lowest BCUT2D eigenvalue weighted by Crippen LogP contribution is -2.10. The molecule has 0 spiro atoms. The van der Waals surface area contributed by atoms with E-state index in [4.69, 9.17) is 9.97 Å². The van der Waals surface area contributed by atoms with Crippen molar-refractivity contribution in [3.63, 3.8) is 0 Å². The van der Waals surface area contributed by atoms with Gasteiger partial charge in [0.15, 0.2) is 0 Å². The number of nitrogens with one attached hydrogen (secondary N) is 3. The minimum absolute atomic E-state index is 0.0336. The number of H-pyrrole nitrogens is 2. The molecule has 170 valence electrons. The van der Waals surface area contributed by atoms with Crippen molar-refractivity contribution >= 4 is 58.0 Å². The maximum atomic E-state index is 12.3. The first-order chi connectivity index (χ1) is 17.1. The second-order valence-electron chi connectivity index (χ2n) is 8.50. The highest BCUT2D eigenvalue weighted by Gasteiger charge is 2.15. The van der Waals surface area contributed by atoms with E-state index in [0.717, 1.165) is 61.7 Å². The number of anilines is 1. The lowest BCUT2D eigenvalue weighted by Gasteiger charge is -2.12. The number of hydrogen-bond acceptors (Lipinski definition) is 3. The molecule has 5 heterocycles. The molecule has 0 fully saturated rings. The Kier molecular flexibility index (Phi) is 5.11. The smallest absolute Gasteiger partial charge is 0.224 e. The van der Waals surface area contributed by atoms with Gasteiger partial charge in [-0.3, -0.25) is 4.79 Å². The average molecular weight is 458 g/mol. The largest absolute Gasteiger partial charge is 0.355 e. The van der Waals surface area contributed by atoms with Crippen LogP contribution < -0.4 is 5.32 Å². The third-order valence-corrected chi connectivity index (χ3v) is 6.01. The predicted octanol–water partition coefficient (Wildman–Crippen LogP) is 6.67. The molecule has 1 amide bonds. The van der Waals surface area contributed by atoms with Crippen molar-refractivity contribution in [3.8, 4) is 11.1 Å². The van der Waals surface area contributed by atoms with Crippen LogP contribution in [0.4, 0.5) is 5.69 Å². The minimum Gasteiger partial charge on any atom is -0.355 e. The molecule has 3 aromatic heterocycles. The molecule has 35 heavy (non-hydrogen) atoms. The zero-order valence-electron chi connectivity index (χ0n) is 19.2. The van der Waals surface area contributed by atoms with Gasteiger partial charge in [0.1, 0.15) is 0 Å². The molecular weight excluding hydrogens is 434 g/mol. The van der Waals surface area contributed by atoms with Gasteiger partial charge in [-0.15, -0.1) is 0 Å². The fourth-order valence-electron chi connectivity index (χ4n) is 4.34. The van der Waals surface area contributed by atoms with Crippen molar-refractivity contribution in [1.29, 1.82) is 0 Å². The number of benzene rings is 1. The van der Waals surface area contributed by atoms with Gasteiger partial charge in [0.2, 0.25) is 5.91 Å². The molecule has 0 radical (unpaired) electrons. The molecule has 0 unspecified atom stereocenters. The topological polar surface area (TPSA) is 86.5 Å². The summed E-state index contributed by atoms with van der Waals surface area (Å²) in [6.45, 7) is 1.85. The van der Waals surface area contributed by atoms with E-state index in [1.807, 2.05) is 98.0 Å². The van der Waals surface area contributed by atoms with Crippen LogP contribution in [-0.2, 0) is 4.79 Å². The highest BCUT2D eigenvalue weighted by Crippen LogP contribution is 2.35. The van der Waals surface area contributed by atoms with Crippen LogP contribution in [-0.4, -0.2) is 25.8 Å². The van der Waals surface area contributed by atoms with E-state index in [1.165, 1.54) is 0 Å². The fraction of sp³-hybridized carbons (Fsp3) is 0.0690. The van der Waals surface area contributed by atoms with Gasteiger partial charge in [-0.2, -0.15) is 0 Å². The molecule has 6 heteroatoms. The highest BCUT2D eigenvalue weighted by atomic mass is 16.1. The van der Waals surface area contributed by atoms with E-state index in [0.29, 0.717) is 6.42 Å². The van der Waals surface area contributed by atoms with Crippen molar-refractivity contribution in [2.45, 2.75) is 13.3 Å². The maximum absolute atomic E-state index is 12.3. The number of fused-ring (bicyclic) bond motifs is 8. The molecule has 6 rings (SSSR count). The van der Waals surface area contributed by atoms with Crippen LogP contribution >= 0.6 is 0 Å². The number of aromatic nitrogens is 4. The normalized spacial score (nSPS) is 12.1. The van der Waals surface area contributed by atoms with E-state index in [-0.39, 0.29) is 5.91 Å². The second kappa shape index (κ2) is 8.57. The Balaban J connectivity index is 1.68. The summed E-state index contributed by atoms with van der Waals surface area (Å²) >= 11 is 0. The number of carbonyl (C=O) groups excluding carboxylic acids is 1. The van der Waals surface area contributed by atoms with Crippen molar-refractivity contribution in [1.82, 2.24) is 19.9 Å². The molecule has 8 bridgehead atoms. The monoisotopic (exact) mass is 457 g/mol. The lowest BCUT2D eigenvalue weighted by molar-refractivity contribution is -0.115. The summed E-state index contributed by atoms with van der Waals surface area (Å²) in [5, 5.41) is 3.04. The number of carbonyl (C=O) groups is 1. The van der Waals surface area contributed by atoms with E-state index in [1.54, 1.807) is 0 Å². The molecule has 6 nitrogen and oxygen atoms in total. The quantitative estimate of drug-likeness (QED) is 0.277.